The summed E-state index contributed by atoms with van der Waals surface area (Å²) < 4.78 is 9.45. The van der Waals surface area contributed by atoms with Crippen molar-refractivity contribution in [2.24, 2.45) is 0 Å². The quantitative estimate of drug-likeness (QED) is 0.727. The minimum absolute atomic E-state index is 0.0114. The maximum absolute atomic E-state index is 11.7. The Balaban J connectivity index is 2.67. The van der Waals surface area contributed by atoms with Gasteiger partial charge in [0.2, 0.25) is 5.76 Å². The summed E-state index contributed by atoms with van der Waals surface area (Å²) in [6, 6.07) is 1.38. The molecule has 0 radical (unpaired) electrons. The van der Waals surface area contributed by atoms with Crippen LogP contribution in [0.15, 0.2) is 16.8 Å². The molecule has 0 aliphatic rings. The Hall–Kier alpha value is -1.89. The van der Waals surface area contributed by atoms with Crippen LogP contribution in [0.2, 0.25) is 0 Å². The SMILES string of the molecule is COCCN(CC(=O)O)C(=O)c1ccno1. The number of carbonyl (C=O) groups is 2. The van der Waals surface area contributed by atoms with Crippen molar-refractivity contribution in [3.8, 4) is 0 Å². The lowest BCUT2D eigenvalue weighted by atomic mass is 10.3. The molecular weight excluding hydrogens is 216 g/mol. The molecule has 0 saturated carbocycles. The Morgan fingerprint density at radius 3 is 2.88 bits per heavy atom. The van der Waals surface area contributed by atoms with Crippen molar-refractivity contribution in [3.63, 3.8) is 0 Å². The van der Waals surface area contributed by atoms with E-state index in [-0.39, 0.29) is 18.9 Å². The number of carboxylic acid groups (broad SMARTS) is 1. The summed E-state index contributed by atoms with van der Waals surface area (Å²) >= 11 is 0. The van der Waals surface area contributed by atoms with E-state index in [0.29, 0.717) is 0 Å². The van der Waals surface area contributed by atoms with E-state index < -0.39 is 18.4 Å². The summed E-state index contributed by atoms with van der Waals surface area (Å²) in [5.74, 6) is -1.60. The summed E-state index contributed by atoms with van der Waals surface area (Å²) in [5.41, 5.74) is 0. The van der Waals surface area contributed by atoms with E-state index in [2.05, 4.69) is 9.68 Å². The van der Waals surface area contributed by atoms with Crippen LogP contribution in [0.5, 0.6) is 0 Å². The van der Waals surface area contributed by atoms with Gasteiger partial charge in [0.25, 0.3) is 5.91 Å². The third kappa shape index (κ3) is 3.35. The van der Waals surface area contributed by atoms with Crippen molar-refractivity contribution in [1.29, 1.82) is 0 Å². The van der Waals surface area contributed by atoms with E-state index >= 15 is 0 Å². The Bertz CT molecular complexity index is 349. The van der Waals surface area contributed by atoms with Crippen LogP contribution in [-0.2, 0) is 9.53 Å². The van der Waals surface area contributed by atoms with Crippen LogP contribution in [0.1, 0.15) is 10.6 Å². The zero-order chi connectivity index (χ0) is 12.0. The molecule has 16 heavy (non-hydrogen) atoms. The highest BCUT2D eigenvalue weighted by Gasteiger charge is 2.20. The number of amides is 1. The topological polar surface area (TPSA) is 92.9 Å². The number of hydrogen-bond donors (Lipinski definition) is 1. The van der Waals surface area contributed by atoms with Gasteiger partial charge in [0, 0.05) is 19.7 Å². The second kappa shape index (κ2) is 5.86. The van der Waals surface area contributed by atoms with Gasteiger partial charge >= 0.3 is 5.97 Å². The van der Waals surface area contributed by atoms with Crippen LogP contribution in [0.25, 0.3) is 0 Å². The fourth-order valence-corrected chi connectivity index (χ4v) is 1.10. The molecule has 1 heterocycles. The number of rotatable bonds is 6. The van der Waals surface area contributed by atoms with E-state index in [0.717, 1.165) is 4.90 Å². The highest BCUT2D eigenvalue weighted by molar-refractivity contribution is 5.93. The van der Waals surface area contributed by atoms with Gasteiger partial charge < -0.3 is 19.3 Å². The Labute approximate surface area is 91.6 Å². The van der Waals surface area contributed by atoms with Gasteiger partial charge in [-0.2, -0.15) is 0 Å². The van der Waals surface area contributed by atoms with Crippen molar-refractivity contribution in [1.82, 2.24) is 10.1 Å². The van der Waals surface area contributed by atoms with Gasteiger partial charge in [0.1, 0.15) is 6.54 Å². The molecule has 1 amide bonds. The van der Waals surface area contributed by atoms with E-state index in [1.54, 1.807) is 0 Å². The predicted molar refractivity (Wildman–Crippen MR) is 51.9 cm³/mol. The van der Waals surface area contributed by atoms with Crippen molar-refractivity contribution < 1.29 is 24.0 Å². The molecule has 0 saturated heterocycles. The molecule has 7 nitrogen and oxygen atoms in total. The summed E-state index contributed by atoms with van der Waals surface area (Å²) in [6.45, 7) is 0.0401. The standard InChI is InChI=1S/C9H12N2O5/c1-15-5-4-11(6-8(12)13)9(14)7-2-3-10-16-7/h2-3H,4-6H2,1H3,(H,12,13). The normalized spacial score (nSPS) is 10.1. The molecule has 0 spiro atoms. The predicted octanol–water partition coefficient (Wildman–Crippen LogP) is -0.152. The van der Waals surface area contributed by atoms with Crippen molar-refractivity contribution in [2.45, 2.75) is 0 Å². The van der Waals surface area contributed by atoms with Gasteiger partial charge in [0.05, 0.1) is 12.8 Å². The fraction of sp³-hybridized carbons (Fsp3) is 0.444. The largest absolute Gasteiger partial charge is 0.480 e. The molecule has 0 atom stereocenters. The van der Waals surface area contributed by atoms with Gasteiger partial charge in [-0.25, -0.2) is 0 Å². The second-order valence-electron chi connectivity index (χ2n) is 2.99. The Morgan fingerprint density at radius 2 is 2.38 bits per heavy atom. The van der Waals surface area contributed by atoms with Gasteiger partial charge in [0.15, 0.2) is 0 Å². The molecule has 0 bridgehead atoms. The van der Waals surface area contributed by atoms with Gasteiger partial charge in [-0.15, -0.1) is 0 Å². The first-order valence-electron chi connectivity index (χ1n) is 4.56. The molecule has 1 aromatic heterocycles. The Morgan fingerprint density at radius 1 is 1.62 bits per heavy atom. The van der Waals surface area contributed by atoms with Crippen LogP contribution in [0.4, 0.5) is 0 Å². The third-order valence-electron chi connectivity index (χ3n) is 1.83. The molecule has 88 valence electrons. The Kier molecular flexibility index (Phi) is 4.46. The first kappa shape index (κ1) is 12.2. The second-order valence-corrected chi connectivity index (χ2v) is 2.99. The summed E-state index contributed by atoms with van der Waals surface area (Å²) in [5, 5.41) is 12.0. The molecular formula is C9H12N2O5. The zero-order valence-electron chi connectivity index (χ0n) is 8.75. The average Bonchev–Trinajstić information content (AvgIpc) is 2.76. The van der Waals surface area contributed by atoms with Gasteiger partial charge in [-0.1, -0.05) is 5.16 Å². The molecule has 0 unspecified atom stereocenters. The fourth-order valence-electron chi connectivity index (χ4n) is 1.10. The summed E-state index contributed by atoms with van der Waals surface area (Å²) in [4.78, 5) is 23.4. The molecule has 0 aromatic carbocycles. The molecule has 1 aromatic rings. The number of carbonyl (C=O) groups excluding carboxylic acids is 1. The first-order valence-corrected chi connectivity index (χ1v) is 4.56. The maximum Gasteiger partial charge on any atom is 0.323 e. The van der Waals surface area contributed by atoms with Crippen molar-refractivity contribution >= 4 is 11.9 Å². The van der Waals surface area contributed by atoms with Crippen LogP contribution in [-0.4, -0.2) is 53.8 Å². The van der Waals surface area contributed by atoms with Crippen LogP contribution >= 0.6 is 0 Å². The number of hydrogen-bond acceptors (Lipinski definition) is 5. The number of nitrogens with zero attached hydrogens (tertiary/aromatic N) is 2. The first-order chi connectivity index (χ1) is 7.65. The molecule has 0 aliphatic heterocycles. The summed E-state index contributed by atoms with van der Waals surface area (Å²) in [6.07, 6.45) is 1.32. The lowest BCUT2D eigenvalue weighted by Gasteiger charge is -2.18. The van der Waals surface area contributed by atoms with E-state index in [9.17, 15) is 9.59 Å². The third-order valence-corrected chi connectivity index (χ3v) is 1.83. The molecule has 1 rings (SSSR count). The van der Waals surface area contributed by atoms with Crippen molar-refractivity contribution in [3.05, 3.63) is 18.0 Å². The highest BCUT2D eigenvalue weighted by Crippen LogP contribution is 2.03. The minimum atomic E-state index is -1.09. The van der Waals surface area contributed by atoms with Crippen LogP contribution in [0.3, 0.4) is 0 Å². The van der Waals surface area contributed by atoms with E-state index in [1.165, 1.54) is 19.4 Å². The maximum atomic E-state index is 11.7. The lowest BCUT2D eigenvalue weighted by molar-refractivity contribution is -0.137. The number of methoxy groups -OCH3 is 1. The number of carboxylic acids is 1. The van der Waals surface area contributed by atoms with Crippen molar-refractivity contribution in [2.75, 3.05) is 26.8 Å². The molecule has 0 aliphatic carbocycles. The smallest absolute Gasteiger partial charge is 0.323 e. The van der Waals surface area contributed by atoms with Gasteiger partial charge in [-0.05, 0) is 0 Å². The number of aromatic nitrogens is 1. The molecule has 7 heteroatoms. The van der Waals surface area contributed by atoms with Gasteiger partial charge in [-0.3, -0.25) is 9.59 Å². The van der Waals surface area contributed by atoms with Crippen LogP contribution in [0, 0.1) is 0 Å². The monoisotopic (exact) mass is 228 g/mol. The van der Waals surface area contributed by atoms with E-state index in [4.69, 9.17) is 9.84 Å². The van der Waals surface area contributed by atoms with E-state index in [1.807, 2.05) is 0 Å². The summed E-state index contributed by atoms with van der Waals surface area (Å²) in [7, 11) is 1.47. The molecule has 1 N–H and O–H groups in total. The minimum Gasteiger partial charge on any atom is -0.480 e. The number of aliphatic carboxylic acids is 1. The molecule has 0 fully saturated rings. The average molecular weight is 228 g/mol. The zero-order valence-corrected chi connectivity index (χ0v) is 8.75. The number of ether oxygens (including phenoxy) is 1. The van der Waals surface area contributed by atoms with Crippen LogP contribution < -0.4 is 0 Å². The lowest BCUT2D eigenvalue weighted by Crippen LogP contribution is -2.37. The highest BCUT2D eigenvalue weighted by atomic mass is 16.5.